The molecule has 2 aromatic carbocycles. The number of hydrogen-bond acceptors (Lipinski definition) is 4. The minimum absolute atomic E-state index is 0.0134. The van der Waals surface area contributed by atoms with Crippen LogP contribution in [-0.2, 0) is 19.6 Å². The maximum atomic E-state index is 12.3. The number of rotatable bonds is 7. The molecule has 0 spiro atoms. The van der Waals surface area contributed by atoms with Gasteiger partial charge in [-0.3, -0.25) is 4.79 Å². The van der Waals surface area contributed by atoms with Gasteiger partial charge in [0.25, 0.3) is 0 Å². The van der Waals surface area contributed by atoms with Gasteiger partial charge < -0.3 is 4.74 Å². The third-order valence-electron chi connectivity index (χ3n) is 3.23. The second-order valence-electron chi connectivity index (χ2n) is 5.73. The first-order valence-electron chi connectivity index (χ1n) is 7.52. The first-order valence-corrected chi connectivity index (χ1v) is 9.01. The van der Waals surface area contributed by atoms with E-state index in [9.17, 15) is 13.2 Å². The van der Waals surface area contributed by atoms with Crippen molar-refractivity contribution in [3.8, 4) is 0 Å². The van der Waals surface area contributed by atoms with Crippen LogP contribution in [0.5, 0.6) is 0 Å². The van der Waals surface area contributed by atoms with Crippen LogP contribution in [0.2, 0.25) is 0 Å². The van der Waals surface area contributed by atoms with Gasteiger partial charge >= 0.3 is 5.97 Å². The van der Waals surface area contributed by atoms with Gasteiger partial charge in [-0.2, -0.15) is 0 Å². The first-order chi connectivity index (χ1) is 10.9. The lowest BCUT2D eigenvalue weighted by Crippen LogP contribution is -2.27. The fourth-order valence-electron chi connectivity index (χ4n) is 2.04. The molecule has 1 N–H and O–H groups in total. The summed E-state index contributed by atoms with van der Waals surface area (Å²) in [6.07, 6.45) is 0.0134. The van der Waals surface area contributed by atoms with Gasteiger partial charge in [-0.05, 0) is 28.8 Å². The van der Waals surface area contributed by atoms with Crippen LogP contribution >= 0.6 is 0 Å². The zero-order chi connectivity index (χ0) is 16.9. The minimum Gasteiger partial charge on any atom is -0.465 e. The molecule has 0 saturated heterocycles. The Labute approximate surface area is 136 Å². The van der Waals surface area contributed by atoms with Crippen molar-refractivity contribution in [2.24, 2.45) is 5.92 Å². The number of benzene rings is 2. The van der Waals surface area contributed by atoms with Gasteiger partial charge in [0.05, 0.1) is 17.9 Å². The number of carbonyl (C=O) groups excluding carboxylic acids is 1. The van der Waals surface area contributed by atoms with Crippen molar-refractivity contribution in [2.75, 3.05) is 13.2 Å². The molecule has 0 bridgehead atoms. The number of ether oxygens (including phenoxy) is 1. The third kappa shape index (κ3) is 5.04. The molecule has 0 unspecified atom stereocenters. The van der Waals surface area contributed by atoms with Crippen molar-refractivity contribution >= 4 is 26.8 Å². The van der Waals surface area contributed by atoms with E-state index in [1.165, 1.54) is 0 Å². The normalized spacial score (nSPS) is 11.8. The Hall–Kier alpha value is -1.92. The topological polar surface area (TPSA) is 72.5 Å². The molecule has 0 amide bonds. The van der Waals surface area contributed by atoms with E-state index >= 15 is 0 Å². The maximum Gasteiger partial charge on any atom is 0.307 e. The lowest BCUT2D eigenvalue weighted by atomic mass is 10.1. The smallest absolute Gasteiger partial charge is 0.307 e. The molecule has 0 aliphatic rings. The summed E-state index contributed by atoms with van der Waals surface area (Å²) < 4.78 is 32.0. The fraction of sp³-hybridized carbons (Fsp3) is 0.353. The van der Waals surface area contributed by atoms with E-state index in [0.717, 1.165) is 10.8 Å². The average Bonchev–Trinajstić information content (AvgIpc) is 2.52. The Morgan fingerprint density at radius 3 is 2.52 bits per heavy atom. The predicted octanol–water partition coefficient (Wildman–Crippen LogP) is 2.71. The lowest BCUT2D eigenvalue weighted by molar-refractivity contribution is -0.144. The van der Waals surface area contributed by atoms with Crippen LogP contribution in [0.3, 0.4) is 0 Å². The van der Waals surface area contributed by atoms with Crippen molar-refractivity contribution < 1.29 is 17.9 Å². The van der Waals surface area contributed by atoms with Gasteiger partial charge in [-0.25, -0.2) is 13.1 Å². The highest BCUT2D eigenvalue weighted by Gasteiger charge is 2.15. The minimum atomic E-state index is -3.64. The molecule has 23 heavy (non-hydrogen) atoms. The van der Waals surface area contributed by atoms with E-state index in [2.05, 4.69) is 4.72 Å². The highest BCUT2D eigenvalue weighted by atomic mass is 32.2. The van der Waals surface area contributed by atoms with Gasteiger partial charge in [0.1, 0.15) is 0 Å². The Morgan fingerprint density at radius 2 is 1.83 bits per heavy atom. The van der Waals surface area contributed by atoms with Crippen LogP contribution < -0.4 is 4.72 Å². The second-order valence-corrected chi connectivity index (χ2v) is 7.50. The highest BCUT2D eigenvalue weighted by molar-refractivity contribution is 7.89. The van der Waals surface area contributed by atoms with Crippen molar-refractivity contribution in [1.29, 1.82) is 0 Å². The molecule has 0 heterocycles. The molecular weight excluding hydrogens is 314 g/mol. The molecule has 5 nitrogen and oxygen atoms in total. The van der Waals surface area contributed by atoms with E-state index in [0.29, 0.717) is 6.61 Å². The number of nitrogens with one attached hydrogen (secondary N) is 1. The number of hydrogen-bond donors (Lipinski definition) is 1. The van der Waals surface area contributed by atoms with Crippen molar-refractivity contribution in [1.82, 2.24) is 4.72 Å². The lowest BCUT2D eigenvalue weighted by Gasteiger charge is -2.09. The molecule has 124 valence electrons. The van der Waals surface area contributed by atoms with Crippen LogP contribution in [-0.4, -0.2) is 27.5 Å². The summed E-state index contributed by atoms with van der Waals surface area (Å²) in [6, 6.07) is 12.5. The molecule has 0 aromatic heterocycles. The van der Waals surface area contributed by atoms with Crippen molar-refractivity contribution in [2.45, 2.75) is 25.2 Å². The third-order valence-corrected chi connectivity index (χ3v) is 4.69. The Kier molecular flexibility index (Phi) is 5.74. The standard InChI is InChI=1S/C17H21NO4S/c1-13(2)12-22-17(19)9-10-18-23(20,21)16-8-7-14-5-3-4-6-15(14)11-16/h3-8,11,13,18H,9-10,12H2,1-2H3. The average molecular weight is 335 g/mol. The second kappa shape index (κ2) is 7.57. The quantitative estimate of drug-likeness (QED) is 0.790. The van der Waals surface area contributed by atoms with Gasteiger partial charge in [0.2, 0.25) is 10.0 Å². The van der Waals surface area contributed by atoms with E-state index in [-0.39, 0.29) is 23.8 Å². The Morgan fingerprint density at radius 1 is 1.13 bits per heavy atom. The highest BCUT2D eigenvalue weighted by Crippen LogP contribution is 2.18. The molecule has 0 radical (unpaired) electrons. The first kappa shape index (κ1) is 17.4. The van der Waals surface area contributed by atoms with Crippen LogP contribution in [0, 0.1) is 5.92 Å². The zero-order valence-electron chi connectivity index (χ0n) is 13.3. The van der Waals surface area contributed by atoms with Gasteiger partial charge in [-0.15, -0.1) is 0 Å². The van der Waals surface area contributed by atoms with Crippen LogP contribution in [0.4, 0.5) is 0 Å². The van der Waals surface area contributed by atoms with Gasteiger partial charge in [-0.1, -0.05) is 44.2 Å². The van der Waals surface area contributed by atoms with E-state index in [1.807, 2.05) is 38.1 Å². The molecule has 2 rings (SSSR count). The summed E-state index contributed by atoms with van der Waals surface area (Å²) in [5, 5.41) is 1.83. The summed E-state index contributed by atoms with van der Waals surface area (Å²) in [5.74, 6) is -0.145. The molecule has 0 atom stereocenters. The monoisotopic (exact) mass is 335 g/mol. The zero-order valence-corrected chi connectivity index (χ0v) is 14.1. The van der Waals surface area contributed by atoms with Crippen LogP contribution in [0.25, 0.3) is 10.8 Å². The summed E-state index contributed by atoms with van der Waals surface area (Å²) in [6.45, 7) is 4.24. The van der Waals surface area contributed by atoms with Crippen LogP contribution in [0.15, 0.2) is 47.4 Å². The predicted molar refractivity (Wildman–Crippen MR) is 89.6 cm³/mol. The molecule has 0 aliphatic carbocycles. The SMILES string of the molecule is CC(C)COC(=O)CCNS(=O)(=O)c1ccc2ccccc2c1. The molecule has 2 aromatic rings. The van der Waals surface area contributed by atoms with Crippen LogP contribution in [0.1, 0.15) is 20.3 Å². The largest absolute Gasteiger partial charge is 0.465 e. The Balaban J connectivity index is 1.96. The molecule has 0 saturated carbocycles. The molecule has 0 fully saturated rings. The van der Waals surface area contributed by atoms with Crippen molar-refractivity contribution in [3.05, 3.63) is 42.5 Å². The number of sulfonamides is 1. The summed E-state index contributed by atoms with van der Waals surface area (Å²) in [5.41, 5.74) is 0. The number of fused-ring (bicyclic) bond motifs is 1. The molecular formula is C17H21NO4S. The van der Waals surface area contributed by atoms with E-state index in [4.69, 9.17) is 4.74 Å². The number of esters is 1. The van der Waals surface area contributed by atoms with E-state index in [1.54, 1.807) is 18.2 Å². The van der Waals surface area contributed by atoms with Crippen molar-refractivity contribution in [3.63, 3.8) is 0 Å². The fourth-order valence-corrected chi connectivity index (χ4v) is 3.10. The van der Waals surface area contributed by atoms with Gasteiger partial charge in [0.15, 0.2) is 0 Å². The molecule has 6 heteroatoms. The molecule has 0 aliphatic heterocycles. The number of carbonyl (C=O) groups is 1. The summed E-state index contributed by atoms with van der Waals surface area (Å²) in [7, 11) is -3.64. The van der Waals surface area contributed by atoms with E-state index < -0.39 is 16.0 Å². The summed E-state index contributed by atoms with van der Waals surface area (Å²) >= 11 is 0. The summed E-state index contributed by atoms with van der Waals surface area (Å²) in [4.78, 5) is 11.7. The van der Waals surface area contributed by atoms with Gasteiger partial charge in [0, 0.05) is 6.54 Å². The Bertz CT molecular complexity index is 784. The maximum absolute atomic E-state index is 12.3.